The van der Waals surface area contributed by atoms with Crippen LogP contribution in [0.15, 0.2) is 91.0 Å². The summed E-state index contributed by atoms with van der Waals surface area (Å²) in [6, 6.07) is 31.6. The van der Waals surface area contributed by atoms with Crippen LogP contribution in [-0.2, 0) is 9.53 Å². The predicted molar refractivity (Wildman–Crippen MR) is 147 cm³/mol. The highest BCUT2D eigenvalue weighted by Gasteiger charge is 2.36. The molecule has 1 saturated carbocycles. The number of hydrogen-bond donors (Lipinski definition) is 0. The zero-order chi connectivity index (χ0) is 24.1. The minimum absolute atomic E-state index is 0.0181. The Morgan fingerprint density at radius 2 is 1.24 bits per heavy atom. The first-order valence-corrected chi connectivity index (χ1v) is 14.3. The van der Waals surface area contributed by atoms with Crippen molar-refractivity contribution in [2.45, 2.75) is 53.1 Å². The Hall–Kier alpha value is -2.57. The Bertz CT molecular complexity index is 1030. The molecule has 0 N–H and O–H groups in total. The van der Waals surface area contributed by atoms with Gasteiger partial charge in [-0.25, -0.2) is 4.79 Å². The number of carbonyl (C=O) groups is 1. The van der Waals surface area contributed by atoms with E-state index in [2.05, 4.69) is 93.6 Å². The number of hydrogen-bond acceptors (Lipinski definition) is 2. The average Bonchev–Trinajstić information content (AvgIpc) is 2.86. The SMILES string of the molecule is CC(C(=O)OC1C[C@H](C)CC[C@H]1C(C)C)=P(c1ccccc1)(c1ccccc1)c1ccccc1. The first-order valence-electron chi connectivity index (χ1n) is 12.6. The van der Waals surface area contributed by atoms with Crippen LogP contribution in [-0.4, -0.2) is 17.4 Å². The van der Waals surface area contributed by atoms with Crippen molar-refractivity contribution < 1.29 is 9.53 Å². The van der Waals surface area contributed by atoms with Gasteiger partial charge in [0, 0.05) is 5.29 Å². The lowest BCUT2D eigenvalue weighted by Crippen LogP contribution is -2.39. The number of ether oxygens (including phenoxy) is 1. The average molecular weight is 473 g/mol. The fraction of sp³-hybridized carbons (Fsp3) is 0.355. The van der Waals surface area contributed by atoms with E-state index in [-0.39, 0.29) is 12.1 Å². The molecule has 34 heavy (non-hydrogen) atoms. The minimum atomic E-state index is -2.38. The number of benzene rings is 3. The quantitative estimate of drug-likeness (QED) is 0.316. The standard InChI is InChI=1S/C31H37O2P/c1-23(2)29-21-20-24(3)22-30(29)33-31(32)25(4)34(26-14-8-5-9-15-26,27-16-10-6-11-17-27)28-18-12-7-13-19-28/h5-19,23-24,29-30H,20-22H2,1-4H3/t24-,29+,30?/m1/s1. The van der Waals surface area contributed by atoms with Gasteiger partial charge in [-0.05, 0) is 60.3 Å². The second-order valence-corrected chi connectivity index (χ2v) is 13.6. The molecule has 0 radical (unpaired) electrons. The third-order valence-electron chi connectivity index (χ3n) is 7.45. The van der Waals surface area contributed by atoms with E-state index in [4.69, 9.17) is 4.74 Å². The van der Waals surface area contributed by atoms with Gasteiger partial charge in [-0.2, -0.15) is 0 Å². The summed E-state index contributed by atoms with van der Waals surface area (Å²) in [5, 5.41) is 4.36. The van der Waals surface area contributed by atoms with Gasteiger partial charge < -0.3 is 4.74 Å². The molecule has 0 saturated heterocycles. The molecule has 0 spiro atoms. The number of esters is 1. The molecule has 0 bridgehead atoms. The Morgan fingerprint density at radius 3 is 1.65 bits per heavy atom. The van der Waals surface area contributed by atoms with Crippen LogP contribution in [0.4, 0.5) is 0 Å². The van der Waals surface area contributed by atoms with Crippen molar-refractivity contribution in [2.24, 2.45) is 17.8 Å². The monoisotopic (exact) mass is 472 g/mol. The molecule has 1 aliphatic rings. The molecule has 1 aliphatic carbocycles. The van der Waals surface area contributed by atoms with Gasteiger partial charge in [-0.3, -0.25) is 0 Å². The number of carbonyl (C=O) groups excluding carboxylic acids is 1. The largest absolute Gasteiger partial charge is 0.459 e. The van der Waals surface area contributed by atoms with Gasteiger partial charge in [-0.15, -0.1) is 0 Å². The fourth-order valence-corrected chi connectivity index (χ4v) is 9.83. The molecule has 3 aromatic rings. The van der Waals surface area contributed by atoms with E-state index in [1.54, 1.807) is 0 Å². The molecule has 0 aromatic heterocycles. The molecule has 2 nitrogen and oxygen atoms in total. The third-order valence-corrected chi connectivity index (χ3v) is 11.9. The van der Waals surface area contributed by atoms with Crippen molar-refractivity contribution in [2.75, 3.05) is 0 Å². The van der Waals surface area contributed by atoms with Gasteiger partial charge in [0.05, 0.1) is 0 Å². The molecule has 4 rings (SSSR count). The maximum Gasteiger partial charge on any atom is 0.335 e. The molecule has 0 heterocycles. The first kappa shape index (κ1) is 24.6. The summed E-state index contributed by atoms with van der Waals surface area (Å²) in [7, 11) is 0. The van der Waals surface area contributed by atoms with Crippen LogP contribution in [0.2, 0.25) is 0 Å². The van der Waals surface area contributed by atoms with Gasteiger partial charge in [0.2, 0.25) is 0 Å². The predicted octanol–water partition coefficient (Wildman–Crippen LogP) is 6.18. The lowest BCUT2D eigenvalue weighted by molar-refractivity contribution is -0.147. The Morgan fingerprint density at radius 1 is 0.794 bits per heavy atom. The summed E-state index contributed by atoms with van der Waals surface area (Å²) in [4.78, 5) is 14.0. The molecule has 1 fully saturated rings. The van der Waals surface area contributed by atoms with E-state index in [1.807, 2.05) is 25.1 Å². The Kier molecular flexibility index (Phi) is 7.79. The molecule has 1 unspecified atom stereocenters. The van der Waals surface area contributed by atoms with E-state index in [0.29, 0.717) is 17.8 Å². The summed E-state index contributed by atoms with van der Waals surface area (Å²) in [5.74, 6) is 1.37. The molecule has 178 valence electrons. The molecule has 0 aliphatic heterocycles. The van der Waals surface area contributed by atoms with Crippen molar-refractivity contribution >= 4 is 34.1 Å². The summed E-state index contributed by atoms with van der Waals surface area (Å²) in [5.41, 5.74) is 0. The van der Waals surface area contributed by atoms with E-state index >= 15 is 0 Å². The molecule has 0 amide bonds. The highest BCUT2D eigenvalue weighted by atomic mass is 31.2. The Balaban J connectivity index is 1.92. The van der Waals surface area contributed by atoms with Crippen molar-refractivity contribution in [3.8, 4) is 0 Å². The van der Waals surface area contributed by atoms with Gasteiger partial charge in [-0.1, -0.05) is 118 Å². The summed E-state index contributed by atoms with van der Waals surface area (Å²) < 4.78 is 6.42. The first-order chi connectivity index (χ1) is 16.4. The minimum Gasteiger partial charge on any atom is -0.459 e. The van der Waals surface area contributed by atoms with Crippen LogP contribution in [0.25, 0.3) is 0 Å². The zero-order valence-corrected chi connectivity index (χ0v) is 21.7. The summed E-state index contributed by atoms with van der Waals surface area (Å²) in [6.45, 7) is 6.42. The molecule has 3 heteroatoms. The van der Waals surface area contributed by atoms with Crippen LogP contribution in [0.5, 0.6) is 0 Å². The lowest BCUT2D eigenvalue weighted by atomic mass is 9.75. The smallest absolute Gasteiger partial charge is 0.335 e. The van der Waals surface area contributed by atoms with Crippen LogP contribution in [0, 0.1) is 17.8 Å². The maximum atomic E-state index is 14.0. The second kappa shape index (κ2) is 10.8. The number of rotatable bonds is 6. The molecular formula is C31H37O2P. The topological polar surface area (TPSA) is 26.3 Å². The fourth-order valence-electron chi connectivity index (χ4n) is 5.59. The van der Waals surface area contributed by atoms with Crippen molar-refractivity contribution in [3.05, 3.63) is 91.0 Å². The van der Waals surface area contributed by atoms with Crippen molar-refractivity contribution in [1.82, 2.24) is 0 Å². The van der Waals surface area contributed by atoms with Crippen LogP contribution < -0.4 is 15.9 Å². The van der Waals surface area contributed by atoms with E-state index in [1.165, 1.54) is 22.3 Å². The highest BCUT2D eigenvalue weighted by Crippen LogP contribution is 2.46. The second-order valence-electron chi connectivity index (χ2n) is 10.0. The van der Waals surface area contributed by atoms with E-state index in [0.717, 1.165) is 18.1 Å². The molecule has 3 atom stereocenters. The van der Waals surface area contributed by atoms with E-state index < -0.39 is 6.89 Å². The normalized spacial score (nSPS) is 20.7. The Labute approximate surface area is 205 Å². The van der Waals surface area contributed by atoms with Crippen molar-refractivity contribution in [3.63, 3.8) is 0 Å². The van der Waals surface area contributed by atoms with Gasteiger partial charge in [0.1, 0.15) is 6.10 Å². The van der Waals surface area contributed by atoms with Crippen molar-refractivity contribution in [1.29, 1.82) is 0 Å². The van der Waals surface area contributed by atoms with Gasteiger partial charge in [0.25, 0.3) is 0 Å². The van der Waals surface area contributed by atoms with E-state index in [9.17, 15) is 4.79 Å². The van der Waals surface area contributed by atoms with Gasteiger partial charge in [0.15, 0.2) is 0 Å². The molecular weight excluding hydrogens is 435 g/mol. The summed E-state index contributed by atoms with van der Waals surface area (Å²) in [6.07, 6.45) is 3.28. The van der Waals surface area contributed by atoms with Crippen LogP contribution >= 0.6 is 6.89 Å². The van der Waals surface area contributed by atoms with Crippen LogP contribution in [0.1, 0.15) is 47.0 Å². The lowest BCUT2D eigenvalue weighted by Gasteiger charge is -2.37. The third kappa shape index (κ3) is 4.80. The van der Waals surface area contributed by atoms with Gasteiger partial charge >= 0.3 is 5.97 Å². The van der Waals surface area contributed by atoms with Crippen LogP contribution in [0.3, 0.4) is 0 Å². The highest BCUT2D eigenvalue weighted by molar-refractivity contribution is 7.96. The molecule has 3 aromatic carbocycles. The zero-order valence-electron chi connectivity index (χ0n) is 20.9. The summed E-state index contributed by atoms with van der Waals surface area (Å²) >= 11 is 0. The maximum absolute atomic E-state index is 14.0.